The smallest absolute Gasteiger partial charge is 0.191 e. The van der Waals surface area contributed by atoms with Crippen LogP contribution in [0, 0.1) is 5.82 Å². The molecule has 1 aromatic heterocycles. The van der Waals surface area contributed by atoms with Crippen molar-refractivity contribution in [3.63, 3.8) is 0 Å². The number of halogens is 1. The summed E-state index contributed by atoms with van der Waals surface area (Å²) in [6.45, 7) is 3.00. The van der Waals surface area contributed by atoms with Crippen molar-refractivity contribution in [3.05, 3.63) is 54.0 Å². The minimum atomic E-state index is -0.312. The van der Waals surface area contributed by atoms with E-state index >= 15 is 0 Å². The van der Waals surface area contributed by atoms with E-state index < -0.39 is 0 Å². The van der Waals surface area contributed by atoms with Gasteiger partial charge in [0.1, 0.15) is 23.5 Å². The van der Waals surface area contributed by atoms with Gasteiger partial charge in [-0.2, -0.15) is 0 Å². The molecule has 0 aliphatic carbocycles. The largest absolute Gasteiger partial charge is 0.489 e. The Labute approximate surface area is 154 Å². The third-order valence-electron chi connectivity index (χ3n) is 3.60. The molecule has 2 rings (SSSR count). The van der Waals surface area contributed by atoms with Gasteiger partial charge in [0, 0.05) is 27.2 Å². The number of anilines is 1. The highest BCUT2D eigenvalue weighted by Gasteiger charge is 2.07. The van der Waals surface area contributed by atoms with Crippen LogP contribution in [-0.2, 0) is 6.54 Å². The van der Waals surface area contributed by atoms with Crippen molar-refractivity contribution in [3.8, 4) is 5.75 Å². The van der Waals surface area contributed by atoms with Crippen molar-refractivity contribution in [1.82, 2.24) is 15.6 Å². The quantitative estimate of drug-likeness (QED) is 0.587. The monoisotopic (exact) mass is 359 g/mol. The zero-order chi connectivity index (χ0) is 18.9. The first-order valence-electron chi connectivity index (χ1n) is 8.48. The number of aromatic nitrogens is 1. The summed E-state index contributed by atoms with van der Waals surface area (Å²) in [6.07, 6.45) is -0.148. The molecule has 0 spiro atoms. The maximum Gasteiger partial charge on any atom is 0.191 e. The van der Waals surface area contributed by atoms with Gasteiger partial charge < -0.3 is 20.3 Å². The maximum atomic E-state index is 13.2. The molecule has 7 heteroatoms. The van der Waals surface area contributed by atoms with Gasteiger partial charge in [0.05, 0.1) is 18.8 Å². The van der Waals surface area contributed by atoms with E-state index in [1.165, 1.54) is 12.1 Å². The first kappa shape index (κ1) is 19.5. The molecule has 1 atom stereocenters. The number of nitrogens with zero attached hydrogens (tertiary/aromatic N) is 3. The molecule has 0 fully saturated rings. The number of guanidine groups is 1. The van der Waals surface area contributed by atoms with E-state index in [1.54, 1.807) is 19.2 Å². The summed E-state index contributed by atoms with van der Waals surface area (Å²) in [5.74, 6) is 1.75. The molecule has 0 aliphatic rings. The second-order valence-electron chi connectivity index (χ2n) is 6.07. The molecule has 0 radical (unpaired) electrons. The van der Waals surface area contributed by atoms with Gasteiger partial charge in [-0.05, 0) is 31.2 Å². The number of ether oxygens (including phenoxy) is 1. The second-order valence-corrected chi connectivity index (χ2v) is 6.07. The van der Waals surface area contributed by atoms with Crippen molar-refractivity contribution in [2.24, 2.45) is 4.99 Å². The van der Waals surface area contributed by atoms with Crippen LogP contribution in [-0.4, -0.2) is 44.7 Å². The van der Waals surface area contributed by atoms with Crippen LogP contribution >= 0.6 is 0 Å². The minimum Gasteiger partial charge on any atom is -0.489 e. The highest BCUT2D eigenvalue weighted by Crippen LogP contribution is 2.13. The fraction of sp³-hybridized carbons (Fsp3) is 0.368. The van der Waals surface area contributed by atoms with E-state index in [1.807, 2.05) is 44.1 Å². The van der Waals surface area contributed by atoms with Crippen LogP contribution in [0.15, 0.2) is 47.5 Å². The average molecular weight is 359 g/mol. The number of pyridine rings is 1. The van der Waals surface area contributed by atoms with Crippen molar-refractivity contribution < 1.29 is 9.13 Å². The normalized spacial score (nSPS) is 12.4. The zero-order valence-electron chi connectivity index (χ0n) is 15.7. The predicted octanol–water partition coefficient (Wildman–Crippen LogP) is 2.42. The molecule has 140 valence electrons. The van der Waals surface area contributed by atoms with Crippen LogP contribution in [0.2, 0.25) is 0 Å². The molecule has 0 bridgehead atoms. The summed E-state index contributed by atoms with van der Waals surface area (Å²) in [6, 6.07) is 12.0. The molecule has 0 saturated carbocycles. The van der Waals surface area contributed by atoms with Gasteiger partial charge in [0.2, 0.25) is 0 Å². The molecule has 6 nitrogen and oxygen atoms in total. The standard InChI is InChI=1S/C19H26FN5O/c1-14(26-17-9-5-7-15(20)11-17)12-22-19(21-2)23-13-16-8-6-10-18(24-16)25(3)4/h5-11,14H,12-13H2,1-4H3,(H2,21,22,23). The van der Waals surface area contributed by atoms with Crippen LogP contribution in [0.3, 0.4) is 0 Å². The molecule has 0 aliphatic heterocycles. The lowest BCUT2D eigenvalue weighted by molar-refractivity contribution is 0.223. The second kappa shape index (κ2) is 9.60. The number of hydrogen-bond donors (Lipinski definition) is 2. The van der Waals surface area contributed by atoms with Gasteiger partial charge in [-0.3, -0.25) is 4.99 Å². The Hall–Kier alpha value is -2.83. The first-order valence-corrected chi connectivity index (χ1v) is 8.48. The topological polar surface area (TPSA) is 61.8 Å². The highest BCUT2D eigenvalue weighted by molar-refractivity contribution is 5.79. The van der Waals surface area contributed by atoms with Crippen LogP contribution in [0.25, 0.3) is 0 Å². The maximum absolute atomic E-state index is 13.2. The molecule has 1 heterocycles. The van der Waals surface area contributed by atoms with Crippen LogP contribution in [0.5, 0.6) is 5.75 Å². The number of rotatable bonds is 7. The van der Waals surface area contributed by atoms with E-state index in [4.69, 9.17) is 4.74 Å². The van der Waals surface area contributed by atoms with Crippen molar-refractivity contribution in [2.45, 2.75) is 19.6 Å². The van der Waals surface area contributed by atoms with Crippen molar-refractivity contribution in [1.29, 1.82) is 0 Å². The van der Waals surface area contributed by atoms with Gasteiger partial charge >= 0.3 is 0 Å². The third-order valence-corrected chi connectivity index (χ3v) is 3.60. The summed E-state index contributed by atoms with van der Waals surface area (Å²) in [4.78, 5) is 10.7. The van der Waals surface area contributed by atoms with Crippen LogP contribution in [0.4, 0.5) is 10.2 Å². The molecular formula is C19H26FN5O. The Morgan fingerprint density at radius 2 is 2.00 bits per heavy atom. The van der Waals surface area contributed by atoms with Crippen molar-refractivity contribution >= 4 is 11.8 Å². The summed E-state index contributed by atoms with van der Waals surface area (Å²) in [5, 5.41) is 6.42. The van der Waals surface area contributed by atoms with Crippen LogP contribution in [0.1, 0.15) is 12.6 Å². The number of nitrogens with one attached hydrogen (secondary N) is 2. The fourth-order valence-electron chi connectivity index (χ4n) is 2.26. The molecule has 0 amide bonds. The van der Waals surface area contributed by atoms with E-state index in [2.05, 4.69) is 20.6 Å². The molecule has 0 saturated heterocycles. The van der Waals surface area contributed by atoms with Gasteiger partial charge in [0.15, 0.2) is 5.96 Å². The molecule has 2 aromatic rings. The summed E-state index contributed by atoms with van der Waals surface area (Å²) in [7, 11) is 5.62. The lowest BCUT2D eigenvalue weighted by Gasteiger charge is -2.18. The fourth-order valence-corrected chi connectivity index (χ4v) is 2.26. The van der Waals surface area contributed by atoms with E-state index in [0.29, 0.717) is 24.8 Å². The summed E-state index contributed by atoms with van der Waals surface area (Å²) in [5.41, 5.74) is 0.920. The summed E-state index contributed by atoms with van der Waals surface area (Å²) >= 11 is 0. The number of benzene rings is 1. The molecule has 26 heavy (non-hydrogen) atoms. The number of aliphatic imine (C=N–C) groups is 1. The van der Waals surface area contributed by atoms with E-state index in [-0.39, 0.29) is 11.9 Å². The lowest BCUT2D eigenvalue weighted by Crippen LogP contribution is -2.41. The average Bonchev–Trinajstić information content (AvgIpc) is 2.62. The Morgan fingerprint density at radius 3 is 2.69 bits per heavy atom. The van der Waals surface area contributed by atoms with Gasteiger partial charge in [0.25, 0.3) is 0 Å². The van der Waals surface area contributed by atoms with Crippen LogP contribution < -0.4 is 20.3 Å². The predicted molar refractivity (Wildman–Crippen MR) is 103 cm³/mol. The Kier molecular flexibility index (Phi) is 7.20. The SMILES string of the molecule is CN=C(NCc1cccc(N(C)C)n1)NCC(C)Oc1cccc(F)c1. The summed E-state index contributed by atoms with van der Waals surface area (Å²) < 4.78 is 18.9. The molecule has 1 unspecified atom stereocenters. The van der Waals surface area contributed by atoms with Gasteiger partial charge in [-0.1, -0.05) is 12.1 Å². The molecule has 2 N–H and O–H groups in total. The minimum absolute atomic E-state index is 0.148. The van der Waals surface area contributed by atoms with Crippen molar-refractivity contribution in [2.75, 3.05) is 32.6 Å². The van der Waals surface area contributed by atoms with Gasteiger partial charge in [-0.15, -0.1) is 0 Å². The molecular weight excluding hydrogens is 333 g/mol. The Morgan fingerprint density at radius 1 is 1.23 bits per heavy atom. The number of hydrogen-bond acceptors (Lipinski definition) is 4. The third kappa shape index (κ3) is 6.23. The van der Waals surface area contributed by atoms with Gasteiger partial charge in [-0.25, -0.2) is 9.37 Å². The Balaban J connectivity index is 1.81. The highest BCUT2D eigenvalue weighted by atomic mass is 19.1. The van der Waals surface area contributed by atoms with E-state index in [0.717, 1.165) is 11.5 Å². The lowest BCUT2D eigenvalue weighted by atomic mass is 10.3. The zero-order valence-corrected chi connectivity index (χ0v) is 15.7. The first-order chi connectivity index (χ1) is 12.5. The molecule has 1 aromatic carbocycles. The van der Waals surface area contributed by atoms with E-state index in [9.17, 15) is 4.39 Å². The Bertz CT molecular complexity index is 735.